The number of carbonyl (C=O) groups is 1. The Morgan fingerprint density at radius 2 is 2.04 bits per heavy atom. The lowest BCUT2D eigenvalue weighted by Gasteiger charge is -2.33. The highest BCUT2D eigenvalue weighted by Gasteiger charge is 2.27. The zero-order valence-corrected chi connectivity index (χ0v) is 13.8. The first-order chi connectivity index (χ1) is 11.0. The minimum Gasteiger partial charge on any atom is -0.336 e. The summed E-state index contributed by atoms with van der Waals surface area (Å²) in [4.78, 5) is 14.6. The Morgan fingerprint density at radius 3 is 2.74 bits per heavy atom. The lowest BCUT2D eigenvalue weighted by molar-refractivity contribution is 0.0670. The van der Waals surface area contributed by atoms with Crippen LogP contribution in [0.3, 0.4) is 0 Å². The average Bonchev–Trinajstić information content (AvgIpc) is 2.88. The Morgan fingerprint density at radius 1 is 1.26 bits per heavy atom. The fourth-order valence-corrected chi connectivity index (χ4v) is 3.35. The predicted octanol–water partition coefficient (Wildman–Crippen LogP) is 3.42. The molecule has 1 atom stereocenters. The second-order valence-corrected chi connectivity index (χ2v) is 6.38. The molecular weight excluding hydrogens is 293 g/mol. The van der Waals surface area contributed by atoms with Crippen LogP contribution >= 0.6 is 0 Å². The molecular formula is C18H22FN3O. The summed E-state index contributed by atoms with van der Waals surface area (Å²) in [7, 11) is 0. The van der Waals surface area contributed by atoms with Gasteiger partial charge in [0.15, 0.2) is 0 Å². The van der Waals surface area contributed by atoms with Crippen molar-refractivity contribution in [2.75, 3.05) is 13.1 Å². The van der Waals surface area contributed by atoms with Crippen LogP contribution in [0.5, 0.6) is 0 Å². The summed E-state index contributed by atoms with van der Waals surface area (Å²) in [5.74, 6) is -0.459. The lowest BCUT2D eigenvalue weighted by Crippen LogP contribution is -2.41. The molecule has 1 aromatic carbocycles. The zero-order chi connectivity index (χ0) is 16.6. The average molecular weight is 315 g/mol. The third-order valence-electron chi connectivity index (χ3n) is 4.50. The molecule has 1 unspecified atom stereocenters. The number of aromatic nitrogens is 2. The molecule has 1 amide bonds. The van der Waals surface area contributed by atoms with E-state index in [1.807, 2.05) is 30.4 Å². The maximum atomic E-state index is 13.5. The topological polar surface area (TPSA) is 38.1 Å². The minimum absolute atomic E-state index is 0.0896. The first-order valence-electron chi connectivity index (χ1n) is 8.04. The number of rotatable bonds is 2. The van der Waals surface area contributed by atoms with Crippen molar-refractivity contribution in [3.05, 3.63) is 52.6 Å². The van der Waals surface area contributed by atoms with Crippen LogP contribution in [0.4, 0.5) is 4.39 Å². The molecule has 2 aromatic rings. The van der Waals surface area contributed by atoms with E-state index in [1.54, 1.807) is 6.07 Å². The summed E-state index contributed by atoms with van der Waals surface area (Å²) in [6.45, 7) is 7.19. The number of hydrogen-bond acceptors (Lipinski definition) is 2. The molecule has 0 spiro atoms. The van der Waals surface area contributed by atoms with E-state index in [9.17, 15) is 9.18 Å². The summed E-state index contributed by atoms with van der Waals surface area (Å²) in [6.07, 6.45) is 1.94. The molecule has 5 heteroatoms. The van der Waals surface area contributed by atoms with Crippen LogP contribution < -0.4 is 0 Å². The van der Waals surface area contributed by atoms with E-state index in [1.165, 1.54) is 12.1 Å². The number of amides is 1. The van der Waals surface area contributed by atoms with E-state index in [4.69, 9.17) is 0 Å². The molecule has 3 rings (SSSR count). The molecule has 1 saturated heterocycles. The summed E-state index contributed by atoms with van der Waals surface area (Å²) in [5, 5.41) is 4.55. The van der Waals surface area contributed by atoms with Crippen LogP contribution in [0.2, 0.25) is 0 Å². The van der Waals surface area contributed by atoms with E-state index in [0.717, 1.165) is 29.8 Å². The summed E-state index contributed by atoms with van der Waals surface area (Å²) >= 11 is 0. The highest BCUT2D eigenvalue weighted by Crippen LogP contribution is 2.25. The number of aryl methyl sites for hydroxylation is 3. The van der Waals surface area contributed by atoms with Crippen LogP contribution in [0, 0.1) is 26.6 Å². The molecule has 0 N–H and O–H groups in total. The smallest absolute Gasteiger partial charge is 0.254 e. The number of halogens is 1. The van der Waals surface area contributed by atoms with Crippen LogP contribution in [0.1, 0.15) is 46.2 Å². The molecule has 0 saturated carbocycles. The molecule has 4 nitrogen and oxygen atoms in total. The summed E-state index contributed by atoms with van der Waals surface area (Å²) in [5.41, 5.74) is 3.37. The van der Waals surface area contributed by atoms with E-state index >= 15 is 0 Å². The fourth-order valence-electron chi connectivity index (χ4n) is 3.35. The SMILES string of the molecule is Cc1cc(C)n(C2CCCN(C(=O)c3cc(F)ccc3C)C2)n1. The van der Waals surface area contributed by atoms with Gasteiger partial charge in [-0.3, -0.25) is 9.48 Å². The monoisotopic (exact) mass is 315 g/mol. The first-order valence-corrected chi connectivity index (χ1v) is 8.04. The largest absolute Gasteiger partial charge is 0.336 e. The van der Waals surface area contributed by atoms with Gasteiger partial charge in [-0.05, 0) is 57.4 Å². The molecule has 2 heterocycles. The van der Waals surface area contributed by atoms with E-state index < -0.39 is 0 Å². The maximum absolute atomic E-state index is 13.5. The normalized spacial score (nSPS) is 18.3. The lowest BCUT2D eigenvalue weighted by atomic mass is 10.0. The van der Waals surface area contributed by atoms with Crippen LogP contribution in [-0.4, -0.2) is 33.7 Å². The molecule has 1 aromatic heterocycles. The van der Waals surface area contributed by atoms with Gasteiger partial charge >= 0.3 is 0 Å². The van der Waals surface area contributed by atoms with Crippen molar-refractivity contribution in [1.82, 2.24) is 14.7 Å². The first kappa shape index (κ1) is 15.7. The number of benzene rings is 1. The second kappa shape index (κ2) is 6.14. The van der Waals surface area contributed by atoms with Gasteiger partial charge in [0.25, 0.3) is 5.91 Å². The number of carbonyl (C=O) groups excluding carboxylic acids is 1. The Balaban J connectivity index is 1.82. The van der Waals surface area contributed by atoms with Crippen molar-refractivity contribution in [2.45, 2.75) is 39.7 Å². The van der Waals surface area contributed by atoms with Gasteiger partial charge < -0.3 is 4.90 Å². The zero-order valence-electron chi connectivity index (χ0n) is 13.8. The van der Waals surface area contributed by atoms with Gasteiger partial charge in [-0.1, -0.05) is 6.07 Å². The molecule has 1 fully saturated rings. The van der Waals surface area contributed by atoms with Crippen LogP contribution in [-0.2, 0) is 0 Å². The second-order valence-electron chi connectivity index (χ2n) is 6.38. The predicted molar refractivity (Wildman–Crippen MR) is 87.0 cm³/mol. The van der Waals surface area contributed by atoms with Gasteiger partial charge in [-0.2, -0.15) is 5.10 Å². The third kappa shape index (κ3) is 3.14. The number of piperidine rings is 1. The summed E-state index contributed by atoms with van der Waals surface area (Å²) in [6, 6.07) is 6.63. The van der Waals surface area contributed by atoms with E-state index in [-0.39, 0.29) is 17.8 Å². The molecule has 0 aliphatic carbocycles. The third-order valence-corrected chi connectivity index (χ3v) is 4.50. The van der Waals surface area contributed by atoms with Crippen molar-refractivity contribution in [3.63, 3.8) is 0 Å². The van der Waals surface area contributed by atoms with Gasteiger partial charge in [-0.25, -0.2) is 4.39 Å². The molecule has 0 radical (unpaired) electrons. The highest BCUT2D eigenvalue weighted by molar-refractivity contribution is 5.95. The van der Waals surface area contributed by atoms with Crippen molar-refractivity contribution in [1.29, 1.82) is 0 Å². The Hall–Kier alpha value is -2.17. The van der Waals surface area contributed by atoms with E-state index in [2.05, 4.69) is 11.2 Å². The number of likely N-dealkylation sites (tertiary alicyclic amines) is 1. The highest BCUT2D eigenvalue weighted by atomic mass is 19.1. The van der Waals surface area contributed by atoms with Gasteiger partial charge in [0, 0.05) is 24.3 Å². The Kier molecular flexibility index (Phi) is 4.20. The minimum atomic E-state index is -0.369. The van der Waals surface area contributed by atoms with Crippen molar-refractivity contribution < 1.29 is 9.18 Å². The van der Waals surface area contributed by atoms with Crippen molar-refractivity contribution in [2.24, 2.45) is 0 Å². The fraction of sp³-hybridized carbons (Fsp3) is 0.444. The molecule has 122 valence electrons. The Labute approximate surface area is 135 Å². The Bertz CT molecular complexity index is 738. The maximum Gasteiger partial charge on any atom is 0.254 e. The number of hydrogen-bond donors (Lipinski definition) is 0. The number of nitrogens with zero attached hydrogens (tertiary/aromatic N) is 3. The standard InChI is InChI=1S/C18H22FN3O/c1-12-6-7-15(19)10-17(12)18(23)21-8-4-5-16(11-21)22-14(3)9-13(2)20-22/h6-7,9-10,16H,4-5,8,11H2,1-3H3. The van der Waals surface area contributed by atoms with Crippen molar-refractivity contribution in [3.8, 4) is 0 Å². The molecule has 1 aliphatic rings. The van der Waals surface area contributed by atoms with Crippen LogP contribution in [0.15, 0.2) is 24.3 Å². The van der Waals surface area contributed by atoms with Crippen LogP contribution in [0.25, 0.3) is 0 Å². The van der Waals surface area contributed by atoms with E-state index in [0.29, 0.717) is 18.7 Å². The molecule has 23 heavy (non-hydrogen) atoms. The molecule has 1 aliphatic heterocycles. The molecule has 0 bridgehead atoms. The van der Waals surface area contributed by atoms with Gasteiger partial charge in [-0.15, -0.1) is 0 Å². The summed E-state index contributed by atoms with van der Waals surface area (Å²) < 4.78 is 15.5. The van der Waals surface area contributed by atoms with Gasteiger partial charge in [0.05, 0.1) is 11.7 Å². The van der Waals surface area contributed by atoms with Gasteiger partial charge in [0.2, 0.25) is 0 Å². The quantitative estimate of drug-likeness (QED) is 0.851. The van der Waals surface area contributed by atoms with Gasteiger partial charge in [0.1, 0.15) is 5.82 Å². The van der Waals surface area contributed by atoms with Crippen molar-refractivity contribution >= 4 is 5.91 Å².